The van der Waals surface area contributed by atoms with Crippen LogP contribution in [0.2, 0.25) is 5.02 Å². The van der Waals surface area contributed by atoms with Gasteiger partial charge in [-0.15, -0.1) is 11.3 Å². The normalized spacial score (nSPS) is 18.6. The quantitative estimate of drug-likeness (QED) is 0.484. The minimum atomic E-state index is -4.64. The number of fused-ring (bicyclic) bond motifs is 1. The van der Waals surface area contributed by atoms with Crippen molar-refractivity contribution < 1.29 is 26.7 Å². The number of hydrogen-bond donors (Lipinski definition) is 2. The highest BCUT2D eigenvalue weighted by molar-refractivity contribution is 7.10. The summed E-state index contributed by atoms with van der Waals surface area (Å²) < 4.78 is 68.6. The first kappa shape index (κ1) is 20.6. The maximum Gasteiger partial charge on any atom is 0.410 e. The molecule has 1 aliphatic heterocycles. The third kappa shape index (κ3) is 3.74. The Morgan fingerprint density at radius 3 is 2.70 bits per heavy atom. The van der Waals surface area contributed by atoms with Crippen LogP contribution in [-0.4, -0.2) is 21.9 Å². The molecule has 2 atom stereocenters. The number of hydrogen-bond acceptors (Lipinski definition) is 4. The van der Waals surface area contributed by atoms with Crippen molar-refractivity contribution in [1.82, 2.24) is 9.78 Å². The first-order valence-corrected chi connectivity index (χ1v) is 9.82. The maximum atomic E-state index is 13.8. The molecule has 0 aliphatic carbocycles. The lowest BCUT2D eigenvalue weighted by Crippen LogP contribution is -2.35. The van der Waals surface area contributed by atoms with Gasteiger partial charge in [0.1, 0.15) is 22.5 Å². The van der Waals surface area contributed by atoms with Gasteiger partial charge in [-0.25, -0.2) is 13.5 Å². The number of nitrogens with one attached hydrogen (secondary N) is 2. The largest absolute Gasteiger partial charge is 0.410 e. The van der Waals surface area contributed by atoms with Gasteiger partial charge in [-0.3, -0.25) is 4.79 Å². The van der Waals surface area contributed by atoms with Gasteiger partial charge in [0.2, 0.25) is 0 Å². The van der Waals surface area contributed by atoms with Gasteiger partial charge in [-0.1, -0.05) is 17.7 Å². The van der Waals surface area contributed by atoms with Crippen LogP contribution in [0.25, 0.3) is 0 Å². The van der Waals surface area contributed by atoms with Crippen molar-refractivity contribution in [1.29, 1.82) is 0 Å². The summed E-state index contributed by atoms with van der Waals surface area (Å²) >= 11 is 7.47. The molecule has 1 aromatic carbocycles. The molecule has 0 unspecified atom stereocenters. The summed E-state index contributed by atoms with van der Waals surface area (Å²) in [6.45, 7) is 0. The zero-order chi connectivity index (χ0) is 21.6. The van der Waals surface area contributed by atoms with Gasteiger partial charge < -0.3 is 10.6 Å². The van der Waals surface area contributed by atoms with E-state index < -0.39 is 41.5 Å². The molecule has 0 radical (unpaired) electrons. The summed E-state index contributed by atoms with van der Waals surface area (Å²) in [5.74, 6) is -3.08. The molecule has 0 saturated heterocycles. The maximum absolute atomic E-state index is 13.8. The highest BCUT2D eigenvalue weighted by Crippen LogP contribution is 2.46. The molecule has 5 nitrogen and oxygen atoms in total. The van der Waals surface area contributed by atoms with Crippen LogP contribution < -0.4 is 10.6 Å². The molecule has 12 heteroatoms. The van der Waals surface area contributed by atoms with E-state index in [1.54, 1.807) is 17.5 Å². The summed E-state index contributed by atoms with van der Waals surface area (Å²) in [6, 6.07) is 3.18. The number of benzene rings is 1. The van der Waals surface area contributed by atoms with Crippen LogP contribution in [0.15, 0.2) is 35.7 Å². The Balaban J connectivity index is 1.70. The van der Waals surface area contributed by atoms with Crippen LogP contribution in [0.5, 0.6) is 0 Å². The van der Waals surface area contributed by atoms with Crippen molar-refractivity contribution in [2.75, 3.05) is 10.6 Å². The van der Waals surface area contributed by atoms with Crippen molar-refractivity contribution in [2.24, 2.45) is 0 Å². The van der Waals surface area contributed by atoms with Crippen molar-refractivity contribution in [2.45, 2.75) is 24.7 Å². The number of halogens is 6. The van der Waals surface area contributed by atoms with Crippen molar-refractivity contribution in [3.8, 4) is 0 Å². The van der Waals surface area contributed by atoms with Gasteiger partial charge in [0, 0.05) is 17.4 Å². The molecule has 1 amide bonds. The first-order valence-electron chi connectivity index (χ1n) is 8.56. The van der Waals surface area contributed by atoms with E-state index in [-0.39, 0.29) is 22.9 Å². The fraction of sp³-hybridized carbons (Fsp3) is 0.222. The number of carbonyl (C=O) groups is 1. The lowest BCUT2D eigenvalue weighted by Gasteiger charge is -2.32. The van der Waals surface area contributed by atoms with Crippen LogP contribution in [0.4, 0.5) is 33.5 Å². The van der Waals surface area contributed by atoms with Crippen molar-refractivity contribution in [3.63, 3.8) is 0 Å². The Morgan fingerprint density at radius 2 is 2.07 bits per heavy atom. The van der Waals surface area contributed by atoms with Gasteiger partial charge in [0.15, 0.2) is 11.7 Å². The van der Waals surface area contributed by atoms with E-state index in [1.807, 2.05) is 0 Å². The number of alkyl halides is 3. The second kappa shape index (κ2) is 7.55. The summed E-state index contributed by atoms with van der Waals surface area (Å²) in [6.07, 6.45) is -4.98. The minimum Gasteiger partial charge on any atom is -0.361 e. The molecule has 0 saturated carbocycles. The number of anilines is 2. The lowest BCUT2D eigenvalue weighted by molar-refractivity contribution is -0.173. The van der Waals surface area contributed by atoms with Crippen molar-refractivity contribution in [3.05, 3.63) is 62.9 Å². The molecule has 2 aromatic heterocycles. The second-order valence-corrected chi connectivity index (χ2v) is 7.90. The highest BCUT2D eigenvalue weighted by atomic mass is 35.5. The van der Waals surface area contributed by atoms with E-state index in [1.165, 1.54) is 11.3 Å². The highest BCUT2D eigenvalue weighted by Gasteiger charge is 2.48. The van der Waals surface area contributed by atoms with Crippen molar-refractivity contribution >= 4 is 40.4 Å². The Bertz CT molecular complexity index is 1100. The Morgan fingerprint density at radius 1 is 1.30 bits per heavy atom. The number of carbonyl (C=O) groups excluding carboxylic acids is 1. The average molecular weight is 463 g/mol. The predicted molar refractivity (Wildman–Crippen MR) is 102 cm³/mol. The first-order chi connectivity index (χ1) is 14.1. The lowest BCUT2D eigenvalue weighted by atomic mass is 10.0. The number of thiophene rings is 1. The van der Waals surface area contributed by atoms with Crippen LogP contribution in [0.3, 0.4) is 0 Å². The van der Waals surface area contributed by atoms with E-state index in [4.69, 9.17) is 11.6 Å². The molecule has 3 heterocycles. The number of aromatic nitrogens is 2. The van der Waals surface area contributed by atoms with Crippen LogP contribution in [-0.2, 0) is 0 Å². The molecule has 0 fully saturated rings. The van der Waals surface area contributed by atoms with Crippen LogP contribution in [0.1, 0.15) is 33.9 Å². The molecule has 2 N–H and O–H groups in total. The van der Waals surface area contributed by atoms with Gasteiger partial charge in [-0.05, 0) is 23.6 Å². The monoisotopic (exact) mass is 462 g/mol. The van der Waals surface area contributed by atoms with E-state index in [9.17, 15) is 26.7 Å². The molecular weight excluding hydrogens is 451 g/mol. The molecule has 0 bridgehead atoms. The second-order valence-electron chi connectivity index (χ2n) is 6.54. The molecule has 30 heavy (non-hydrogen) atoms. The topological polar surface area (TPSA) is 59.0 Å². The van der Waals surface area contributed by atoms with E-state index >= 15 is 0 Å². The number of amides is 1. The van der Waals surface area contributed by atoms with E-state index in [0.29, 0.717) is 15.6 Å². The third-order valence-corrected chi connectivity index (χ3v) is 5.92. The molecule has 4 rings (SSSR count). The Hall–Kier alpha value is -2.66. The number of nitrogens with zero attached hydrogens (tertiary/aromatic N) is 2. The Kier molecular flexibility index (Phi) is 5.18. The summed E-state index contributed by atoms with van der Waals surface area (Å²) in [5, 5.41) is 10.2. The third-order valence-electron chi connectivity index (χ3n) is 4.58. The Labute approximate surface area is 175 Å². The number of rotatable bonds is 3. The fourth-order valence-corrected chi connectivity index (χ4v) is 4.24. The van der Waals surface area contributed by atoms with E-state index in [2.05, 4.69) is 15.7 Å². The van der Waals surface area contributed by atoms with Gasteiger partial charge >= 0.3 is 6.18 Å². The summed E-state index contributed by atoms with van der Waals surface area (Å²) in [7, 11) is 0. The smallest absolute Gasteiger partial charge is 0.361 e. The minimum absolute atomic E-state index is 0.159. The molecule has 1 aliphatic rings. The SMILES string of the molecule is O=C(Nc1ccc(F)cc1F)c1nn2c(c1Cl)N[C@H](c1cccs1)C[C@H]2C(F)(F)F. The van der Waals surface area contributed by atoms with Crippen LogP contribution >= 0.6 is 22.9 Å². The van der Waals surface area contributed by atoms with Crippen LogP contribution in [0, 0.1) is 11.6 Å². The van der Waals surface area contributed by atoms with Gasteiger partial charge in [0.25, 0.3) is 5.91 Å². The standard InChI is InChI=1S/C18H12ClF5N4OS/c19-14-15(17(29)26-10-4-3-8(20)6-9(10)21)27-28-13(18(22,23)24)7-11(25-16(14)28)12-2-1-5-30-12/h1-6,11,13,25H,7H2,(H,26,29)/t11-,13-/m0/s1. The summed E-state index contributed by atoms with van der Waals surface area (Å²) in [5.41, 5.74) is -0.871. The zero-order valence-electron chi connectivity index (χ0n) is 14.8. The molecular formula is C18H12ClF5N4OS. The van der Waals surface area contributed by atoms with Gasteiger partial charge in [0.05, 0.1) is 11.7 Å². The van der Waals surface area contributed by atoms with Gasteiger partial charge in [-0.2, -0.15) is 18.3 Å². The average Bonchev–Trinajstić information content (AvgIpc) is 3.31. The van der Waals surface area contributed by atoms with E-state index in [0.717, 1.165) is 12.1 Å². The summed E-state index contributed by atoms with van der Waals surface area (Å²) in [4.78, 5) is 13.2. The fourth-order valence-electron chi connectivity index (χ4n) is 3.18. The zero-order valence-corrected chi connectivity index (χ0v) is 16.4. The molecule has 3 aromatic rings. The molecule has 0 spiro atoms. The predicted octanol–water partition coefficient (Wildman–Crippen LogP) is 5.79. The molecule has 158 valence electrons.